The molecule has 3 aromatic rings. The predicted molar refractivity (Wildman–Crippen MR) is 102 cm³/mol. The molecule has 1 aromatic carbocycles. The summed E-state index contributed by atoms with van der Waals surface area (Å²) >= 11 is 0. The molecule has 2 aromatic heterocycles. The number of H-pyrrole nitrogens is 1. The van der Waals surface area contributed by atoms with Crippen molar-refractivity contribution in [1.82, 2.24) is 19.5 Å². The van der Waals surface area contributed by atoms with E-state index in [9.17, 15) is 13.8 Å². The van der Waals surface area contributed by atoms with Crippen LogP contribution < -0.4 is 10.1 Å². The number of imidazole rings is 1. The molecule has 158 valence electrons. The van der Waals surface area contributed by atoms with Crippen molar-refractivity contribution in [2.45, 2.75) is 38.5 Å². The molecule has 1 unspecified atom stereocenters. The highest BCUT2D eigenvalue weighted by molar-refractivity contribution is 7.49. The Hall–Kier alpha value is -2.59. The van der Waals surface area contributed by atoms with E-state index in [4.69, 9.17) is 18.3 Å². The van der Waals surface area contributed by atoms with Gasteiger partial charge in [0.15, 0.2) is 17.4 Å². The van der Waals surface area contributed by atoms with Crippen LogP contribution in [0.3, 0.4) is 0 Å². The zero-order valence-electron chi connectivity index (χ0n) is 15.9. The Labute approximate surface area is 169 Å². The molecule has 2 aliphatic heterocycles. The fourth-order valence-corrected chi connectivity index (χ4v) is 4.90. The quantitative estimate of drug-likeness (QED) is 0.621. The summed E-state index contributed by atoms with van der Waals surface area (Å²) in [5, 5.41) is 0. The Morgan fingerprint density at radius 2 is 2.27 bits per heavy atom. The second-order valence-corrected chi connectivity index (χ2v) is 8.72. The summed E-state index contributed by atoms with van der Waals surface area (Å²) in [6.07, 6.45) is -0.592. The molecule has 0 amide bonds. The van der Waals surface area contributed by atoms with E-state index in [-0.39, 0.29) is 30.8 Å². The van der Waals surface area contributed by atoms with E-state index >= 15 is 0 Å². The number of aromatic nitrogens is 4. The van der Waals surface area contributed by atoms with Gasteiger partial charge in [0.1, 0.15) is 11.9 Å². The van der Waals surface area contributed by atoms with Crippen molar-refractivity contribution in [3.63, 3.8) is 0 Å². The molecule has 0 spiro atoms. The first-order valence-electron chi connectivity index (χ1n) is 9.30. The molecule has 0 aliphatic carbocycles. The van der Waals surface area contributed by atoms with Gasteiger partial charge in [-0.25, -0.2) is 18.9 Å². The Morgan fingerprint density at radius 3 is 3.13 bits per heavy atom. The lowest BCUT2D eigenvalue weighted by Gasteiger charge is -2.26. The van der Waals surface area contributed by atoms with Crippen LogP contribution in [0.25, 0.3) is 11.2 Å². The van der Waals surface area contributed by atoms with Crippen LogP contribution in [0, 0.1) is 6.92 Å². The van der Waals surface area contributed by atoms with Crippen LogP contribution in [0.15, 0.2) is 35.6 Å². The van der Waals surface area contributed by atoms with Crippen LogP contribution in [-0.4, -0.2) is 38.4 Å². The summed E-state index contributed by atoms with van der Waals surface area (Å²) in [7, 11) is -3.85. The Morgan fingerprint density at radius 1 is 1.40 bits per heavy atom. The van der Waals surface area contributed by atoms with Gasteiger partial charge >= 0.3 is 7.82 Å². The average molecular weight is 436 g/mol. The second-order valence-electron chi connectivity index (χ2n) is 7.13. The molecule has 1 fully saturated rings. The SMILES string of the molecule is Cc1cccc2c1OP(=O)(OC[C@@H]1C[C@@H](F)[C@H](n3cnc4c(=O)[nH]cnc43)O1)OC2. The van der Waals surface area contributed by atoms with Crippen LogP contribution >= 0.6 is 7.82 Å². The maximum atomic E-state index is 14.7. The smallest absolute Gasteiger partial charge is 0.403 e. The Kier molecular flexibility index (Phi) is 4.70. The van der Waals surface area contributed by atoms with Gasteiger partial charge in [0.05, 0.1) is 32.0 Å². The molecule has 1 saturated heterocycles. The van der Waals surface area contributed by atoms with Gasteiger partial charge in [-0.3, -0.25) is 18.4 Å². The lowest BCUT2D eigenvalue weighted by atomic mass is 10.1. The highest BCUT2D eigenvalue weighted by Gasteiger charge is 2.41. The van der Waals surface area contributed by atoms with Gasteiger partial charge in [0.2, 0.25) is 0 Å². The molecular formula is C18H18FN4O6P. The summed E-state index contributed by atoms with van der Waals surface area (Å²) in [5.41, 5.74) is 1.48. The number of halogens is 1. The second kappa shape index (κ2) is 7.28. The molecular weight excluding hydrogens is 418 g/mol. The fraction of sp³-hybridized carbons (Fsp3) is 0.389. The third-order valence-electron chi connectivity index (χ3n) is 5.06. The Balaban J connectivity index is 1.28. The van der Waals surface area contributed by atoms with Crippen molar-refractivity contribution in [3.8, 4) is 5.75 Å². The van der Waals surface area contributed by atoms with Gasteiger partial charge in [0, 0.05) is 12.0 Å². The molecule has 1 N–H and O–H groups in total. The maximum absolute atomic E-state index is 14.7. The predicted octanol–water partition coefficient (Wildman–Crippen LogP) is 2.79. The van der Waals surface area contributed by atoms with Gasteiger partial charge in [-0.2, -0.15) is 0 Å². The Bertz CT molecular complexity index is 1210. The van der Waals surface area contributed by atoms with Gasteiger partial charge in [-0.05, 0) is 12.5 Å². The van der Waals surface area contributed by atoms with E-state index in [0.717, 1.165) is 11.1 Å². The number of hydrogen-bond donors (Lipinski definition) is 1. The molecule has 5 rings (SSSR count). The summed E-state index contributed by atoms with van der Waals surface area (Å²) in [5.74, 6) is 0.474. The van der Waals surface area contributed by atoms with Crippen LogP contribution in [-0.2, 0) is 25.0 Å². The number of alkyl halides is 1. The molecule has 12 heteroatoms. The molecule has 30 heavy (non-hydrogen) atoms. The summed E-state index contributed by atoms with van der Waals surface area (Å²) in [6.45, 7) is 1.74. The first-order valence-corrected chi connectivity index (χ1v) is 10.8. The summed E-state index contributed by atoms with van der Waals surface area (Å²) < 4.78 is 50.8. The third kappa shape index (κ3) is 3.33. The van der Waals surface area contributed by atoms with Crippen molar-refractivity contribution >= 4 is 19.0 Å². The van der Waals surface area contributed by atoms with Gasteiger partial charge in [-0.15, -0.1) is 0 Å². The van der Waals surface area contributed by atoms with Crippen molar-refractivity contribution in [2.24, 2.45) is 0 Å². The minimum absolute atomic E-state index is 0.00312. The normalized spacial score (nSPS) is 28.4. The van der Waals surface area contributed by atoms with Crippen molar-refractivity contribution in [2.75, 3.05) is 6.61 Å². The third-order valence-corrected chi connectivity index (χ3v) is 6.38. The zero-order chi connectivity index (χ0) is 20.9. The number of para-hydroxylation sites is 1. The zero-order valence-corrected chi connectivity index (χ0v) is 16.8. The first-order chi connectivity index (χ1) is 14.4. The standard InChI is InChI=1S/C18H18FN4O6P/c1-10-3-2-4-11-6-26-30(25,29-15(10)11)27-7-12-5-13(19)18(28-12)23-9-22-14-16(23)20-8-21-17(14)24/h2-4,8-9,12-13,18H,5-7H2,1H3,(H,20,21,24)/t12-,13+,18+,30?/m0/s1. The lowest BCUT2D eigenvalue weighted by Crippen LogP contribution is -2.19. The van der Waals surface area contributed by atoms with Gasteiger partial charge in [-0.1, -0.05) is 18.2 Å². The van der Waals surface area contributed by atoms with Crippen LogP contribution in [0.5, 0.6) is 5.75 Å². The number of rotatable bonds is 4. The van der Waals surface area contributed by atoms with E-state index in [1.54, 1.807) is 0 Å². The monoisotopic (exact) mass is 436 g/mol. The number of ether oxygens (including phenoxy) is 1. The van der Waals surface area contributed by atoms with Gasteiger partial charge < -0.3 is 14.2 Å². The van der Waals surface area contributed by atoms with Crippen LogP contribution in [0.2, 0.25) is 0 Å². The highest BCUT2D eigenvalue weighted by Crippen LogP contribution is 2.55. The number of fused-ring (bicyclic) bond motifs is 2. The minimum atomic E-state index is -3.85. The molecule has 4 heterocycles. The summed E-state index contributed by atoms with van der Waals surface area (Å²) in [4.78, 5) is 22.2. The van der Waals surface area contributed by atoms with Crippen molar-refractivity contribution in [1.29, 1.82) is 0 Å². The van der Waals surface area contributed by atoms with Crippen LogP contribution in [0.4, 0.5) is 4.39 Å². The van der Waals surface area contributed by atoms with Crippen molar-refractivity contribution in [3.05, 3.63) is 52.3 Å². The summed E-state index contributed by atoms with van der Waals surface area (Å²) in [6, 6.07) is 5.51. The number of aryl methyl sites for hydroxylation is 1. The van der Waals surface area contributed by atoms with Crippen molar-refractivity contribution < 1.29 is 27.3 Å². The molecule has 2 aliphatic rings. The molecule has 0 saturated carbocycles. The molecule has 4 atom stereocenters. The number of hydrogen-bond acceptors (Lipinski definition) is 8. The first kappa shape index (κ1) is 19.4. The number of phosphoric ester groups is 1. The lowest BCUT2D eigenvalue weighted by molar-refractivity contribution is -0.0362. The van der Waals surface area contributed by atoms with Gasteiger partial charge in [0.25, 0.3) is 5.56 Å². The topological polar surface area (TPSA) is 118 Å². The molecule has 0 radical (unpaired) electrons. The van der Waals surface area contributed by atoms with E-state index in [2.05, 4.69) is 15.0 Å². The van der Waals surface area contributed by atoms with E-state index in [1.807, 2.05) is 25.1 Å². The number of nitrogens with one attached hydrogen (secondary N) is 1. The largest absolute Gasteiger partial charge is 0.530 e. The number of aromatic amines is 1. The number of nitrogens with zero attached hydrogens (tertiary/aromatic N) is 3. The fourth-order valence-electron chi connectivity index (χ4n) is 3.58. The minimum Gasteiger partial charge on any atom is -0.403 e. The maximum Gasteiger partial charge on any atom is 0.530 e. The molecule has 10 nitrogen and oxygen atoms in total. The van der Waals surface area contributed by atoms with Crippen LogP contribution in [0.1, 0.15) is 23.8 Å². The van der Waals surface area contributed by atoms with E-state index in [1.165, 1.54) is 17.2 Å². The number of phosphoric acid groups is 1. The van der Waals surface area contributed by atoms with E-state index < -0.39 is 31.9 Å². The number of benzene rings is 1. The van der Waals surface area contributed by atoms with E-state index in [0.29, 0.717) is 5.75 Å². The molecule has 0 bridgehead atoms. The highest BCUT2D eigenvalue weighted by atomic mass is 31.2. The average Bonchev–Trinajstić information content (AvgIpc) is 3.31.